The number of Topliss-reactive ketones (excluding diaryl/α,β-unsaturated/α-hetero) is 1. The van der Waals surface area contributed by atoms with Gasteiger partial charge in [0.15, 0.2) is 0 Å². The molecular formula is C20H18O4. The van der Waals surface area contributed by atoms with E-state index in [1.807, 2.05) is 36.4 Å². The average molecular weight is 322 g/mol. The van der Waals surface area contributed by atoms with Crippen LogP contribution in [0.5, 0.6) is 5.75 Å². The maximum atomic E-state index is 12.8. The van der Waals surface area contributed by atoms with Gasteiger partial charge >= 0.3 is 5.97 Å². The number of ketones is 1. The predicted octanol–water partition coefficient (Wildman–Crippen LogP) is 3.67. The fraction of sp³-hybridized carbons (Fsp3) is 0.200. The Bertz CT molecular complexity index is 779. The molecule has 1 heterocycles. The van der Waals surface area contributed by atoms with E-state index >= 15 is 0 Å². The number of hydrogen-bond donors (Lipinski definition) is 0. The van der Waals surface area contributed by atoms with Crippen LogP contribution >= 0.6 is 0 Å². The first-order valence-electron chi connectivity index (χ1n) is 7.89. The highest BCUT2D eigenvalue weighted by Gasteiger charge is 2.54. The summed E-state index contributed by atoms with van der Waals surface area (Å²) in [6, 6.07) is 16.5. The van der Waals surface area contributed by atoms with Gasteiger partial charge < -0.3 is 9.47 Å². The summed E-state index contributed by atoms with van der Waals surface area (Å²) in [6.07, 6.45) is 3.75. The van der Waals surface area contributed by atoms with Crippen LogP contribution in [0.4, 0.5) is 0 Å². The molecule has 0 saturated carbocycles. The molecule has 0 N–H and O–H groups in total. The number of fused-ring (bicyclic) bond motifs is 1. The Labute approximate surface area is 140 Å². The highest BCUT2D eigenvalue weighted by atomic mass is 16.6. The van der Waals surface area contributed by atoms with E-state index in [4.69, 9.17) is 9.47 Å². The first kappa shape index (κ1) is 16.0. The van der Waals surface area contributed by atoms with Gasteiger partial charge in [-0.2, -0.15) is 0 Å². The van der Waals surface area contributed by atoms with Crippen molar-refractivity contribution in [1.29, 1.82) is 0 Å². The molecule has 0 saturated heterocycles. The van der Waals surface area contributed by atoms with Crippen molar-refractivity contribution in [3.05, 3.63) is 71.8 Å². The zero-order chi connectivity index (χ0) is 17.0. The van der Waals surface area contributed by atoms with Gasteiger partial charge in [0.2, 0.25) is 5.78 Å². The van der Waals surface area contributed by atoms with Gasteiger partial charge in [0, 0.05) is 6.42 Å². The van der Waals surface area contributed by atoms with E-state index in [1.165, 1.54) is 0 Å². The highest BCUT2D eigenvalue weighted by molar-refractivity contribution is 6.19. The average Bonchev–Trinajstić information content (AvgIpc) is 2.90. The molecule has 0 radical (unpaired) electrons. The summed E-state index contributed by atoms with van der Waals surface area (Å²) < 4.78 is 10.9. The molecule has 1 atom stereocenters. The molecule has 0 fully saturated rings. The van der Waals surface area contributed by atoms with Crippen molar-refractivity contribution in [1.82, 2.24) is 0 Å². The van der Waals surface area contributed by atoms with Crippen molar-refractivity contribution in [2.24, 2.45) is 0 Å². The predicted molar refractivity (Wildman–Crippen MR) is 90.9 cm³/mol. The van der Waals surface area contributed by atoms with E-state index in [2.05, 4.69) is 0 Å². The standard InChI is InChI=1S/C20H18O4/c1-2-23-19(22)20(14-8-11-15-9-4-3-5-10-15)18(21)16-12-6-7-13-17(16)24-20/h3-13H,2,14H2,1H3/b11-8+. The smallest absolute Gasteiger partial charge is 0.359 e. The molecule has 0 bridgehead atoms. The molecule has 0 aliphatic carbocycles. The van der Waals surface area contributed by atoms with Crippen molar-refractivity contribution < 1.29 is 19.1 Å². The molecule has 122 valence electrons. The number of esters is 1. The molecule has 1 unspecified atom stereocenters. The highest BCUT2D eigenvalue weighted by Crippen LogP contribution is 2.38. The van der Waals surface area contributed by atoms with Gasteiger partial charge in [0.1, 0.15) is 5.75 Å². The minimum atomic E-state index is -1.63. The maximum Gasteiger partial charge on any atom is 0.359 e. The lowest BCUT2D eigenvalue weighted by Gasteiger charge is -2.23. The van der Waals surface area contributed by atoms with Crippen LogP contribution in [0, 0.1) is 0 Å². The van der Waals surface area contributed by atoms with Crippen LogP contribution in [0.15, 0.2) is 60.7 Å². The summed E-state index contributed by atoms with van der Waals surface area (Å²) in [5.74, 6) is -0.582. The van der Waals surface area contributed by atoms with E-state index in [0.29, 0.717) is 11.3 Å². The van der Waals surface area contributed by atoms with Gasteiger partial charge in [-0.25, -0.2) is 4.79 Å². The summed E-state index contributed by atoms with van der Waals surface area (Å²) in [7, 11) is 0. The Hall–Kier alpha value is -2.88. The van der Waals surface area contributed by atoms with E-state index in [1.54, 1.807) is 37.3 Å². The Morgan fingerprint density at radius 3 is 2.54 bits per heavy atom. The lowest BCUT2D eigenvalue weighted by Crippen LogP contribution is -2.49. The van der Waals surface area contributed by atoms with E-state index < -0.39 is 11.6 Å². The molecule has 4 heteroatoms. The van der Waals surface area contributed by atoms with Gasteiger partial charge in [0.05, 0.1) is 12.2 Å². The van der Waals surface area contributed by atoms with Crippen LogP contribution < -0.4 is 4.74 Å². The summed E-state index contributed by atoms with van der Waals surface area (Å²) in [5, 5.41) is 0. The van der Waals surface area contributed by atoms with Gasteiger partial charge in [0.25, 0.3) is 5.60 Å². The zero-order valence-electron chi connectivity index (χ0n) is 13.4. The van der Waals surface area contributed by atoms with Gasteiger partial charge in [-0.1, -0.05) is 54.6 Å². The topological polar surface area (TPSA) is 52.6 Å². The molecule has 0 amide bonds. The molecule has 2 aromatic rings. The SMILES string of the molecule is CCOC(=O)C1(C/C=C/c2ccccc2)Oc2ccccc2C1=O. The Morgan fingerprint density at radius 1 is 1.12 bits per heavy atom. The minimum absolute atomic E-state index is 0.119. The second-order valence-corrected chi connectivity index (χ2v) is 5.49. The van der Waals surface area contributed by atoms with Crippen molar-refractivity contribution in [2.75, 3.05) is 6.61 Å². The Morgan fingerprint density at radius 2 is 1.83 bits per heavy atom. The molecule has 1 aliphatic heterocycles. The van der Waals surface area contributed by atoms with E-state index in [0.717, 1.165) is 5.56 Å². The normalized spacial score (nSPS) is 19.1. The number of benzene rings is 2. The molecule has 3 rings (SSSR count). The third kappa shape index (κ3) is 2.83. The van der Waals surface area contributed by atoms with Crippen LogP contribution in [-0.2, 0) is 9.53 Å². The fourth-order valence-corrected chi connectivity index (χ4v) is 2.72. The van der Waals surface area contributed by atoms with Crippen LogP contribution in [0.1, 0.15) is 29.3 Å². The number of ether oxygens (including phenoxy) is 2. The summed E-state index contributed by atoms with van der Waals surface area (Å²) in [6.45, 7) is 1.90. The van der Waals surface area contributed by atoms with E-state index in [-0.39, 0.29) is 18.8 Å². The quantitative estimate of drug-likeness (QED) is 0.622. The molecule has 0 spiro atoms. The van der Waals surface area contributed by atoms with Crippen LogP contribution in [-0.4, -0.2) is 24.0 Å². The number of hydrogen-bond acceptors (Lipinski definition) is 4. The van der Waals surface area contributed by atoms with Crippen LogP contribution in [0.2, 0.25) is 0 Å². The minimum Gasteiger partial charge on any atom is -0.466 e. The van der Waals surface area contributed by atoms with Crippen molar-refractivity contribution in [2.45, 2.75) is 18.9 Å². The lowest BCUT2D eigenvalue weighted by molar-refractivity contribution is -0.156. The first-order chi connectivity index (χ1) is 11.7. The fourth-order valence-electron chi connectivity index (χ4n) is 2.72. The zero-order valence-corrected chi connectivity index (χ0v) is 13.4. The third-order valence-corrected chi connectivity index (χ3v) is 3.90. The molecule has 1 aliphatic rings. The van der Waals surface area contributed by atoms with Gasteiger partial charge in [-0.15, -0.1) is 0 Å². The summed E-state index contributed by atoms with van der Waals surface area (Å²) in [5.41, 5.74) is -0.233. The second kappa shape index (κ2) is 6.71. The number of carbonyl (C=O) groups is 2. The summed E-state index contributed by atoms with van der Waals surface area (Å²) in [4.78, 5) is 25.3. The number of rotatable bonds is 5. The second-order valence-electron chi connectivity index (χ2n) is 5.49. The monoisotopic (exact) mass is 322 g/mol. The summed E-state index contributed by atoms with van der Waals surface area (Å²) >= 11 is 0. The largest absolute Gasteiger partial charge is 0.466 e. The van der Waals surface area contributed by atoms with Crippen LogP contribution in [0.25, 0.3) is 6.08 Å². The van der Waals surface area contributed by atoms with Crippen molar-refractivity contribution in [3.63, 3.8) is 0 Å². The number of para-hydroxylation sites is 1. The third-order valence-electron chi connectivity index (χ3n) is 3.90. The Balaban J connectivity index is 1.89. The molecular weight excluding hydrogens is 304 g/mol. The molecule has 0 aromatic heterocycles. The molecule has 4 nitrogen and oxygen atoms in total. The lowest BCUT2D eigenvalue weighted by atomic mass is 9.91. The van der Waals surface area contributed by atoms with Crippen molar-refractivity contribution in [3.8, 4) is 5.75 Å². The van der Waals surface area contributed by atoms with Gasteiger partial charge in [-0.3, -0.25) is 4.79 Å². The Kier molecular flexibility index (Phi) is 4.47. The number of carbonyl (C=O) groups excluding carboxylic acids is 2. The molecule has 24 heavy (non-hydrogen) atoms. The molecule has 2 aromatic carbocycles. The van der Waals surface area contributed by atoms with Crippen LogP contribution in [0.3, 0.4) is 0 Å². The maximum absolute atomic E-state index is 12.8. The first-order valence-corrected chi connectivity index (χ1v) is 7.89. The van der Waals surface area contributed by atoms with Gasteiger partial charge in [-0.05, 0) is 24.6 Å². The van der Waals surface area contributed by atoms with Crippen molar-refractivity contribution >= 4 is 17.8 Å². The van der Waals surface area contributed by atoms with E-state index in [9.17, 15) is 9.59 Å².